The minimum atomic E-state index is -0.861. The molecule has 0 saturated carbocycles. The standard InChI is InChI=1S/C14H28N6O5S/c15-19-17-3-7-24-11-9-22-5-1-13-26(21)14-2-6-23-10-12-25-8-4-18-20-16/h1-14H2. The summed E-state index contributed by atoms with van der Waals surface area (Å²) in [5.74, 6) is 1.22. The second kappa shape index (κ2) is 21.7. The lowest BCUT2D eigenvalue weighted by Gasteiger charge is -2.06. The van der Waals surface area contributed by atoms with E-state index in [4.69, 9.17) is 30.0 Å². The lowest BCUT2D eigenvalue weighted by Crippen LogP contribution is -2.12. The van der Waals surface area contributed by atoms with E-state index in [-0.39, 0.29) is 0 Å². The molecule has 0 aromatic rings. The molecule has 12 heteroatoms. The molecule has 0 rings (SSSR count). The number of rotatable bonds is 20. The average Bonchev–Trinajstić information content (AvgIpc) is 2.64. The zero-order chi connectivity index (χ0) is 19.1. The fourth-order valence-corrected chi connectivity index (χ4v) is 2.77. The number of hydrogen-bond acceptors (Lipinski definition) is 7. The molecule has 0 atom stereocenters. The lowest BCUT2D eigenvalue weighted by molar-refractivity contribution is 0.0509. The summed E-state index contributed by atoms with van der Waals surface area (Å²) in [5, 5.41) is 6.70. The average molecular weight is 392 g/mol. The molecule has 0 spiro atoms. The molecule has 0 aliphatic rings. The molecule has 0 aromatic heterocycles. The maximum Gasteiger partial charge on any atom is 0.0700 e. The van der Waals surface area contributed by atoms with Gasteiger partial charge in [-0.05, 0) is 23.9 Å². The summed E-state index contributed by atoms with van der Waals surface area (Å²) in [5.41, 5.74) is 16.2. The summed E-state index contributed by atoms with van der Waals surface area (Å²) < 4.78 is 32.9. The number of azide groups is 2. The highest BCUT2D eigenvalue weighted by molar-refractivity contribution is 7.84. The maximum absolute atomic E-state index is 11.8. The van der Waals surface area contributed by atoms with E-state index < -0.39 is 10.8 Å². The molecule has 150 valence electrons. The van der Waals surface area contributed by atoms with Gasteiger partial charge in [0.15, 0.2) is 0 Å². The molecule has 0 radical (unpaired) electrons. The molecule has 0 aliphatic heterocycles. The maximum atomic E-state index is 11.8. The van der Waals surface area contributed by atoms with Crippen molar-refractivity contribution in [1.82, 2.24) is 0 Å². The summed E-state index contributed by atoms with van der Waals surface area (Å²) in [6.07, 6.45) is 1.48. The summed E-state index contributed by atoms with van der Waals surface area (Å²) in [6.45, 7) is 4.39. The zero-order valence-electron chi connectivity index (χ0n) is 15.0. The third-order valence-electron chi connectivity index (χ3n) is 2.86. The van der Waals surface area contributed by atoms with Crippen LogP contribution in [0.2, 0.25) is 0 Å². The third kappa shape index (κ3) is 20.7. The van der Waals surface area contributed by atoms with Crippen LogP contribution >= 0.6 is 0 Å². The summed E-state index contributed by atoms with van der Waals surface area (Å²) >= 11 is 0. The molecular weight excluding hydrogens is 364 g/mol. The van der Waals surface area contributed by atoms with Gasteiger partial charge in [0.1, 0.15) is 0 Å². The van der Waals surface area contributed by atoms with Crippen molar-refractivity contribution in [2.75, 3.05) is 77.5 Å². The second-order valence-electron chi connectivity index (χ2n) is 4.91. The van der Waals surface area contributed by atoms with E-state index in [1.807, 2.05) is 0 Å². The zero-order valence-corrected chi connectivity index (χ0v) is 15.8. The van der Waals surface area contributed by atoms with Crippen LogP contribution in [0.25, 0.3) is 20.9 Å². The van der Waals surface area contributed by atoms with Gasteiger partial charge in [-0.25, -0.2) is 0 Å². The quantitative estimate of drug-likeness (QED) is 0.135. The van der Waals surface area contributed by atoms with Crippen LogP contribution in [-0.2, 0) is 29.7 Å². The highest BCUT2D eigenvalue weighted by Crippen LogP contribution is 1.94. The minimum absolute atomic E-state index is 0.323. The van der Waals surface area contributed by atoms with E-state index in [1.54, 1.807) is 0 Å². The van der Waals surface area contributed by atoms with Crippen molar-refractivity contribution in [2.24, 2.45) is 10.2 Å². The lowest BCUT2D eigenvalue weighted by atomic mass is 10.5. The Morgan fingerprint density at radius 2 is 1.04 bits per heavy atom. The molecule has 0 N–H and O–H groups in total. The Labute approximate surface area is 156 Å². The van der Waals surface area contributed by atoms with E-state index in [2.05, 4.69) is 20.1 Å². The first kappa shape index (κ1) is 24.6. The van der Waals surface area contributed by atoms with Crippen LogP contribution < -0.4 is 0 Å². The minimum Gasteiger partial charge on any atom is -0.379 e. The molecule has 0 fully saturated rings. The molecule has 0 bridgehead atoms. The van der Waals surface area contributed by atoms with E-state index in [0.717, 1.165) is 12.8 Å². The van der Waals surface area contributed by atoms with Gasteiger partial charge < -0.3 is 18.9 Å². The first-order valence-corrected chi connectivity index (χ1v) is 9.97. The molecule has 0 unspecified atom stereocenters. The predicted octanol–water partition coefficient (Wildman–Crippen LogP) is 2.20. The Balaban J connectivity index is 3.20. The second-order valence-corrected chi connectivity index (χ2v) is 6.61. The van der Waals surface area contributed by atoms with Crippen molar-refractivity contribution < 1.29 is 23.2 Å². The molecule has 0 aromatic carbocycles. The monoisotopic (exact) mass is 392 g/mol. The molecule has 0 heterocycles. The van der Waals surface area contributed by atoms with Crippen LogP contribution in [0.3, 0.4) is 0 Å². The van der Waals surface area contributed by atoms with E-state index in [9.17, 15) is 4.21 Å². The molecule has 26 heavy (non-hydrogen) atoms. The largest absolute Gasteiger partial charge is 0.379 e. The fourth-order valence-electron chi connectivity index (χ4n) is 1.69. The van der Waals surface area contributed by atoms with Gasteiger partial charge in [0.2, 0.25) is 0 Å². The molecule has 11 nitrogen and oxygen atoms in total. The van der Waals surface area contributed by atoms with Gasteiger partial charge in [0.05, 0.1) is 39.6 Å². The molecule has 0 aliphatic carbocycles. The van der Waals surface area contributed by atoms with Crippen LogP contribution in [0.15, 0.2) is 10.2 Å². The Morgan fingerprint density at radius 3 is 1.42 bits per heavy atom. The van der Waals surface area contributed by atoms with Crippen LogP contribution in [0, 0.1) is 0 Å². The first-order valence-electron chi connectivity index (χ1n) is 8.49. The van der Waals surface area contributed by atoms with Gasteiger partial charge >= 0.3 is 0 Å². The molecule has 0 saturated heterocycles. The van der Waals surface area contributed by atoms with Crippen molar-refractivity contribution in [2.45, 2.75) is 12.8 Å². The summed E-state index contributed by atoms with van der Waals surface area (Å²) in [6, 6.07) is 0. The molecular formula is C14H28N6O5S. The van der Waals surface area contributed by atoms with Crippen LogP contribution in [0.5, 0.6) is 0 Å². The Bertz CT molecular complexity index is 406. The van der Waals surface area contributed by atoms with E-state index >= 15 is 0 Å². The highest BCUT2D eigenvalue weighted by Gasteiger charge is 2.00. The van der Waals surface area contributed by atoms with Crippen molar-refractivity contribution in [1.29, 1.82) is 0 Å². The van der Waals surface area contributed by atoms with Gasteiger partial charge in [0, 0.05) is 58.4 Å². The third-order valence-corrected chi connectivity index (χ3v) is 4.35. The van der Waals surface area contributed by atoms with Gasteiger partial charge in [-0.1, -0.05) is 10.2 Å². The van der Waals surface area contributed by atoms with Gasteiger partial charge in [0.25, 0.3) is 0 Å². The number of nitrogens with zero attached hydrogens (tertiary/aromatic N) is 6. The van der Waals surface area contributed by atoms with Crippen molar-refractivity contribution in [3.8, 4) is 0 Å². The van der Waals surface area contributed by atoms with Crippen LogP contribution in [0.4, 0.5) is 0 Å². The SMILES string of the molecule is [N-]=[N+]=NCCOCCOCCCS(=O)CCCOCCOCCN=[N+]=[N-]. The van der Waals surface area contributed by atoms with Crippen LogP contribution in [-0.4, -0.2) is 81.7 Å². The van der Waals surface area contributed by atoms with Crippen LogP contribution in [0.1, 0.15) is 12.8 Å². The normalized spacial score (nSPS) is 11.5. The van der Waals surface area contributed by atoms with Gasteiger partial charge in [-0.3, -0.25) is 4.21 Å². The summed E-state index contributed by atoms with van der Waals surface area (Å²) in [7, 11) is -0.861. The first-order chi connectivity index (χ1) is 12.8. The predicted molar refractivity (Wildman–Crippen MR) is 98.4 cm³/mol. The topological polar surface area (TPSA) is 152 Å². The van der Waals surface area contributed by atoms with E-state index in [0.29, 0.717) is 77.5 Å². The highest BCUT2D eigenvalue weighted by atomic mass is 32.2. The summed E-state index contributed by atoms with van der Waals surface area (Å²) in [4.78, 5) is 5.24. The molecule has 0 amide bonds. The van der Waals surface area contributed by atoms with Gasteiger partial charge in [-0.15, -0.1) is 0 Å². The number of ether oxygens (including phenoxy) is 4. The Kier molecular flexibility index (Phi) is 20.5. The smallest absolute Gasteiger partial charge is 0.0700 e. The van der Waals surface area contributed by atoms with Crippen molar-refractivity contribution >= 4 is 10.8 Å². The fraction of sp³-hybridized carbons (Fsp3) is 1.00. The Morgan fingerprint density at radius 1 is 0.654 bits per heavy atom. The van der Waals surface area contributed by atoms with Crippen molar-refractivity contribution in [3.05, 3.63) is 20.9 Å². The van der Waals surface area contributed by atoms with E-state index in [1.165, 1.54) is 0 Å². The number of hydrogen-bond donors (Lipinski definition) is 0. The van der Waals surface area contributed by atoms with Gasteiger partial charge in [-0.2, -0.15) is 0 Å². The van der Waals surface area contributed by atoms with Crippen molar-refractivity contribution in [3.63, 3.8) is 0 Å². The Hall–Kier alpha value is -1.39.